The van der Waals surface area contributed by atoms with Crippen molar-refractivity contribution in [3.8, 4) is 0 Å². The number of carbonyl (C=O) groups excluding carboxylic acids is 1. The van der Waals surface area contributed by atoms with Crippen molar-refractivity contribution in [3.63, 3.8) is 0 Å². The van der Waals surface area contributed by atoms with Crippen molar-refractivity contribution in [1.82, 2.24) is 4.90 Å². The van der Waals surface area contributed by atoms with Gasteiger partial charge in [-0.3, -0.25) is 4.79 Å². The molecule has 0 spiro atoms. The first kappa shape index (κ1) is 16.4. The van der Waals surface area contributed by atoms with Crippen molar-refractivity contribution < 1.29 is 4.79 Å². The molecule has 3 nitrogen and oxygen atoms in total. The largest absolute Gasteiger partial charge is 0.368 e. The predicted molar refractivity (Wildman–Crippen MR) is 96.0 cm³/mol. The van der Waals surface area contributed by atoms with Gasteiger partial charge in [0, 0.05) is 42.5 Å². The van der Waals surface area contributed by atoms with E-state index in [-0.39, 0.29) is 5.91 Å². The molecule has 6 heteroatoms. The highest BCUT2D eigenvalue weighted by Gasteiger charge is 2.22. The van der Waals surface area contributed by atoms with Gasteiger partial charge in [-0.25, -0.2) is 0 Å². The number of halogens is 3. The van der Waals surface area contributed by atoms with Crippen LogP contribution in [0.25, 0.3) is 0 Å². The van der Waals surface area contributed by atoms with E-state index in [2.05, 4.69) is 4.90 Å². The van der Waals surface area contributed by atoms with E-state index < -0.39 is 0 Å². The monoisotopic (exact) mass is 368 g/mol. The molecule has 2 aromatic carbocycles. The molecule has 0 radical (unpaired) electrons. The third-order valence-electron chi connectivity index (χ3n) is 3.93. The fraction of sp³-hybridized carbons (Fsp3) is 0.235. The Morgan fingerprint density at radius 2 is 1.48 bits per heavy atom. The number of hydrogen-bond acceptors (Lipinski definition) is 2. The zero-order chi connectivity index (χ0) is 16.4. The molecule has 1 fully saturated rings. The van der Waals surface area contributed by atoms with Crippen molar-refractivity contribution >= 4 is 46.4 Å². The molecule has 0 unspecified atom stereocenters. The van der Waals surface area contributed by atoms with Crippen molar-refractivity contribution in [2.45, 2.75) is 0 Å². The Kier molecular flexibility index (Phi) is 5.00. The lowest BCUT2D eigenvalue weighted by Gasteiger charge is -2.36. The van der Waals surface area contributed by atoms with Gasteiger partial charge >= 0.3 is 0 Å². The van der Waals surface area contributed by atoms with E-state index in [0.717, 1.165) is 18.8 Å². The quantitative estimate of drug-likeness (QED) is 0.772. The Labute approximate surface area is 150 Å². The third kappa shape index (κ3) is 3.74. The van der Waals surface area contributed by atoms with Crippen LogP contribution in [0.3, 0.4) is 0 Å². The van der Waals surface area contributed by atoms with E-state index in [1.807, 2.05) is 17.0 Å². The molecule has 120 valence electrons. The average Bonchev–Trinajstić information content (AvgIpc) is 2.57. The topological polar surface area (TPSA) is 23.6 Å². The van der Waals surface area contributed by atoms with Gasteiger partial charge in [0.05, 0.1) is 10.0 Å². The number of benzene rings is 2. The van der Waals surface area contributed by atoms with Crippen LogP contribution in [-0.2, 0) is 0 Å². The Hall–Kier alpha value is -1.42. The zero-order valence-corrected chi connectivity index (χ0v) is 14.6. The van der Waals surface area contributed by atoms with Crippen LogP contribution in [0, 0.1) is 0 Å². The van der Waals surface area contributed by atoms with E-state index in [4.69, 9.17) is 34.8 Å². The van der Waals surface area contributed by atoms with Crippen LogP contribution in [0.15, 0.2) is 42.5 Å². The summed E-state index contributed by atoms with van der Waals surface area (Å²) >= 11 is 17.9. The molecule has 1 aliphatic rings. The highest BCUT2D eigenvalue weighted by atomic mass is 35.5. The molecule has 0 bridgehead atoms. The molecule has 0 aliphatic carbocycles. The molecule has 1 heterocycles. The van der Waals surface area contributed by atoms with Gasteiger partial charge in [-0.05, 0) is 42.5 Å². The number of amides is 1. The fourth-order valence-electron chi connectivity index (χ4n) is 2.62. The van der Waals surface area contributed by atoms with Gasteiger partial charge in [0.2, 0.25) is 0 Å². The Morgan fingerprint density at radius 3 is 2.09 bits per heavy atom. The molecular weight excluding hydrogens is 355 g/mol. The molecule has 1 saturated heterocycles. The van der Waals surface area contributed by atoms with Crippen LogP contribution in [0.2, 0.25) is 15.1 Å². The van der Waals surface area contributed by atoms with Gasteiger partial charge in [-0.15, -0.1) is 0 Å². The minimum atomic E-state index is 0.0375. The zero-order valence-electron chi connectivity index (χ0n) is 12.3. The van der Waals surface area contributed by atoms with E-state index in [1.54, 1.807) is 30.3 Å². The summed E-state index contributed by atoms with van der Waals surface area (Å²) in [5.41, 5.74) is 1.69. The highest BCUT2D eigenvalue weighted by molar-refractivity contribution is 6.42. The molecule has 0 aromatic heterocycles. The number of carbonyl (C=O) groups is 1. The second kappa shape index (κ2) is 7.00. The lowest BCUT2D eigenvalue weighted by atomic mass is 10.1. The minimum absolute atomic E-state index is 0.0375. The average molecular weight is 370 g/mol. The highest BCUT2D eigenvalue weighted by Crippen LogP contribution is 2.28. The summed E-state index contributed by atoms with van der Waals surface area (Å²) in [6, 6.07) is 12.6. The summed E-state index contributed by atoms with van der Waals surface area (Å²) in [4.78, 5) is 16.5. The van der Waals surface area contributed by atoms with Crippen molar-refractivity contribution in [2.24, 2.45) is 0 Å². The second-order valence-corrected chi connectivity index (χ2v) is 6.64. The van der Waals surface area contributed by atoms with Gasteiger partial charge in [0.15, 0.2) is 0 Å². The Bertz CT molecular complexity index is 710. The maximum atomic E-state index is 12.5. The molecule has 2 aromatic rings. The number of hydrogen-bond donors (Lipinski definition) is 0. The second-order valence-electron chi connectivity index (χ2n) is 5.38. The summed E-state index contributed by atoms with van der Waals surface area (Å²) in [7, 11) is 0. The first-order chi connectivity index (χ1) is 11.0. The third-order valence-corrected chi connectivity index (χ3v) is 4.92. The first-order valence-electron chi connectivity index (χ1n) is 7.29. The summed E-state index contributed by atoms with van der Waals surface area (Å²) in [5.74, 6) is 0.0375. The maximum Gasteiger partial charge on any atom is 0.253 e. The summed E-state index contributed by atoms with van der Waals surface area (Å²) in [6.07, 6.45) is 0. The summed E-state index contributed by atoms with van der Waals surface area (Å²) < 4.78 is 0. The SMILES string of the molecule is O=C(c1ccc(Cl)cc1)N1CCN(c2ccc(Cl)c(Cl)c2)CC1. The number of rotatable bonds is 2. The fourth-order valence-corrected chi connectivity index (χ4v) is 3.04. The van der Waals surface area contributed by atoms with Gasteiger partial charge in [0.1, 0.15) is 0 Å². The van der Waals surface area contributed by atoms with Gasteiger partial charge in [-0.2, -0.15) is 0 Å². The van der Waals surface area contributed by atoms with Crippen LogP contribution in [0.5, 0.6) is 0 Å². The van der Waals surface area contributed by atoms with Crippen molar-refractivity contribution in [3.05, 3.63) is 63.1 Å². The van der Waals surface area contributed by atoms with Crippen molar-refractivity contribution in [1.29, 1.82) is 0 Å². The number of piperazine rings is 1. The van der Waals surface area contributed by atoms with Crippen LogP contribution in [0.4, 0.5) is 5.69 Å². The molecule has 23 heavy (non-hydrogen) atoms. The van der Waals surface area contributed by atoms with Gasteiger partial charge in [0.25, 0.3) is 5.91 Å². The lowest BCUT2D eigenvalue weighted by molar-refractivity contribution is 0.0747. The molecule has 1 aliphatic heterocycles. The standard InChI is InChI=1S/C17H15Cl3N2O/c18-13-3-1-12(2-4-13)17(23)22-9-7-21(8-10-22)14-5-6-15(19)16(20)11-14/h1-6,11H,7-10H2. The van der Waals surface area contributed by atoms with E-state index in [0.29, 0.717) is 33.7 Å². The van der Waals surface area contributed by atoms with Crippen LogP contribution in [-0.4, -0.2) is 37.0 Å². The molecule has 0 saturated carbocycles. The summed E-state index contributed by atoms with van der Waals surface area (Å²) in [6.45, 7) is 2.86. The normalized spacial score (nSPS) is 14.9. The molecular formula is C17H15Cl3N2O. The minimum Gasteiger partial charge on any atom is -0.368 e. The van der Waals surface area contributed by atoms with Crippen LogP contribution in [0.1, 0.15) is 10.4 Å². The maximum absolute atomic E-state index is 12.5. The Balaban J connectivity index is 1.64. The molecule has 0 atom stereocenters. The molecule has 0 N–H and O–H groups in total. The first-order valence-corrected chi connectivity index (χ1v) is 8.43. The molecule has 1 amide bonds. The predicted octanol–water partition coefficient (Wildman–Crippen LogP) is 4.61. The summed E-state index contributed by atoms with van der Waals surface area (Å²) in [5, 5.41) is 1.72. The van der Waals surface area contributed by atoms with E-state index in [9.17, 15) is 4.79 Å². The van der Waals surface area contributed by atoms with Crippen molar-refractivity contribution in [2.75, 3.05) is 31.1 Å². The van der Waals surface area contributed by atoms with Crippen LogP contribution >= 0.6 is 34.8 Å². The number of anilines is 1. The smallest absolute Gasteiger partial charge is 0.253 e. The molecule has 3 rings (SSSR count). The van der Waals surface area contributed by atoms with Gasteiger partial charge in [-0.1, -0.05) is 34.8 Å². The van der Waals surface area contributed by atoms with E-state index in [1.165, 1.54) is 0 Å². The van der Waals surface area contributed by atoms with Crippen LogP contribution < -0.4 is 4.90 Å². The lowest BCUT2D eigenvalue weighted by Crippen LogP contribution is -2.48. The number of nitrogens with zero attached hydrogens (tertiary/aromatic N) is 2. The van der Waals surface area contributed by atoms with E-state index >= 15 is 0 Å². The Morgan fingerprint density at radius 1 is 0.826 bits per heavy atom. The van der Waals surface area contributed by atoms with Gasteiger partial charge < -0.3 is 9.80 Å².